The maximum Gasteiger partial charge on any atom is 0.0478 e. The first-order valence-electron chi connectivity index (χ1n) is 17.7. The lowest BCUT2D eigenvalue weighted by atomic mass is 10.2. The van der Waals surface area contributed by atoms with Gasteiger partial charge < -0.3 is 0 Å². The molecule has 0 amide bonds. The Bertz CT molecular complexity index is 542. The Labute approximate surface area is 249 Å². The quantitative estimate of drug-likeness (QED) is 0.0910. The van der Waals surface area contributed by atoms with Crippen molar-refractivity contribution in [1.29, 1.82) is 0 Å². The fourth-order valence-corrected chi connectivity index (χ4v) is 111. The molecule has 0 saturated heterocycles. The van der Waals surface area contributed by atoms with Crippen LogP contribution in [0.25, 0.3) is 0 Å². The second-order valence-corrected chi connectivity index (χ2v) is 49.5. The van der Waals surface area contributed by atoms with Crippen LogP contribution in [0.1, 0.15) is 174 Å². The molecule has 38 heavy (non-hydrogen) atoms. The fourth-order valence-electron chi connectivity index (χ4n) is 10.6. The van der Waals surface area contributed by atoms with Gasteiger partial charge in [-0.15, -0.1) is 0 Å². The zero-order valence-corrected chi connectivity index (χ0v) is 33.9. The molecular formula is C34H78Si4. The molecule has 0 aliphatic heterocycles. The van der Waals surface area contributed by atoms with E-state index in [9.17, 15) is 0 Å². The Kier molecular flexibility index (Phi) is 18.8. The summed E-state index contributed by atoms with van der Waals surface area (Å²) in [5.41, 5.74) is 1.95. The van der Waals surface area contributed by atoms with E-state index in [4.69, 9.17) is 0 Å². The summed E-state index contributed by atoms with van der Waals surface area (Å²) in [5.74, 6) is 0. The first kappa shape index (κ1) is 38.9. The molecule has 4 heteroatoms. The molecule has 230 valence electrons. The van der Waals surface area contributed by atoms with Gasteiger partial charge in [0.25, 0.3) is 0 Å². The lowest BCUT2D eigenvalue weighted by Crippen LogP contribution is -2.84. The SMILES string of the molecule is CCCCCC[SiH](CCCCCC)[Si](C(C)(C)C)(C(C)(C)C)[Si](CCCC)(CCCC)[SiH](C(C)C)C(C)C. The van der Waals surface area contributed by atoms with E-state index < -0.39 is 30.8 Å². The van der Waals surface area contributed by atoms with Gasteiger partial charge in [0.2, 0.25) is 0 Å². The third-order valence-electron chi connectivity index (χ3n) is 10.6. The second-order valence-electron chi connectivity index (χ2n) is 16.1. The third-order valence-corrected chi connectivity index (χ3v) is 76.8. The molecule has 0 aliphatic rings. The van der Waals surface area contributed by atoms with Gasteiger partial charge in [0.1, 0.15) is 0 Å². The molecule has 0 rings (SSSR count). The number of hydrogen-bond donors (Lipinski definition) is 0. The van der Waals surface area contributed by atoms with Gasteiger partial charge in [-0.2, -0.15) is 0 Å². The van der Waals surface area contributed by atoms with E-state index in [0.29, 0.717) is 10.1 Å². The van der Waals surface area contributed by atoms with Crippen molar-refractivity contribution in [2.24, 2.45) is 0 Å². The van der Waals surface area contributed by atoms with Crippen LogP contribution in [0.4, 0.5) is 0 Å². The minimum Gasteiger partial charge on any atom is -0.0656 e. The van der Waals surface area contributed by atoms with Crippen LogP contribution in [0, 0.1) is 0 Å². The minimum absolute atomic E-state index is 0.542. The van der Waals surface area contributed by atoms with E-state index >= 15 is 0 Å². The van der Waals surface area contributed by atoms with Crippen molar-refractivity contribution in [2.45, 2.75) is 219 Å². The second kappa shape index (κ2) is 18.4. The summed E-state index contributed by atoms with van der Waals surface area (Å²) < 4.78 is 0. The van der Waals surface area contributed by atoms with E-state index in [2.05, 4.69) is 96.9 Å². The first-order valence-corrected chi connectivity index (χ1v) is 29.7. The van der Waals surface area contributed by atoms with Crippen molar-refractivity contribution in [1.82, 2.24) is 0 Å². The Morgan fingerprint density at radius 3 is 1.11 bits per heavy atom. The molecular weight excluding hydrogens is 521 g/mol. The molecule has 0 atom stereocenters. The molecule has 0 aromatic carbocycles. The van der Waals surface area contributed by atoms with Crippen molar-refractivity contribution < 1.29 is 0 Å². The van der Waals surface area contributed by atoms with Gasteiger partial charge in [-0.3, -0.25) is 0 Å². The van der Waals surface area contributed by atoms with E-state index in [-0.39, 0.29) is 0 Å². The van der Waals surface area contributed by atoms with Crippen LogP contribution in [0.5, 0.6) is 0 Å². The minimum atomic E-state index is -1.65. The van der Waals surface area contributed by atoms with Crippen molar-refractivity contribution in [3.05, 3.63) is 0 Å². The number of rotatable bonds is 21. The first-order chi connectivity index (χ1) is 17.7. The molecule has 0 radical (unpaired) electrons. The van der Waals surface area contributed by atoms with Crippen LogP contribution in [-0.4, -0.2) is 30.8 Å². The maximum atomic E-state index is 2.83. The van der Waals surface area contributed by atoms with Crippen LogP contribution >= 0.6 is 0 Å². The molecule has 0 N–H and O–H groups in total. The van der Waals surface area contributed by atoms with E-state index in [1.807, 2.05) is 0 Å². The van der Waals surface area contributed by atoms with Gasteiger partial charge in [-0.05, 0) is 10.1 Å². The highest BCUT2D eigenvalue weighted by Crippen LogP contribution is 2.62. The molecule has 0 aromatic rings. The highest BCUT2D eigenvalue weighted by Gasteiger charge is 2.70. The van der Waals surface area contributed by atoms with Crippen molar-refractivity contribution >= 4 is 30.8 Å². The fraction of sp³-hybridized carbons (Fsp3) is 1.00. The van der Waals surface area contributed by atoms with Gasteiger partial charge in [-0.1, -0.05) is 209 Å². The summed E-state index contributed by atoms with van der Waals surface area (Å²) in [6.07, 6.45) is 17.7. The zero-order chi connectivity index (χ0) is 29.6. The Balaban J connectivity index is 7.64. The van der Waals surface area contributed by atoms with Crippen LogP contribution in [0.3, 0.4) is 0 Å². The molecule has 0 bridgehead atoms. The molecule has 0 aromatic heterocycles. The van der Waals surface area contributed by atoms with Gasteiger partial charge in [0.15, 0.2) is 0 Å². The Morgan fingerprint density at radius 2 is 0.842 bits per heavy atom. The van der Waals surface area contributed by atoms with E-state index in [0.717, 1.165) is 11.1 Å². The van der Waals surface area contributed by atoms with Gasteiger partial charge in [0.05, 0.1) is 0 Å². The lowest BCUT2D eigenvalue weighted by Gasteiger charge is -2.68. The van der Waals surface area contributed by atoms with Crippen molar-refractivity contribution in [2.75, 3.05) is 0 Å². The molecule has 0 fully saturated rings. The van der Waals surface area contributed by atoms with Crippen LogP contribution in [0.15, 0.2) is 0 Å². The molecule has 0 heterocycles. The summed E-state index contributed by atoms with van der Waals surface area (Å²) in [6.45, 7) is 37.6. The number of hydrogen-bond acceptors (Lipinski definition) is 0. The predicted octanol–water partition coefficient (Wildman–Crippen LogP) is 12.8. The highest BCUT2D eigenvalue weighted by molar-refractivity contribution is 7.80. The molecule has 0 unspecified atom stereocenters. The largest absolute Gasteiger partial charge is 0.0656 e. The predicted molar refractivity (Wildman–Crippen MR) is 193 cm³/mol. The molecule has 0 aliphatic carbocycles. The summed E-state index contributed by atoms with van der Waals surface area (Å²) in [6, 6.07) is 6.81. The van der Waals surface area contributed by atoms with Crippen molar-refractivity contribution in [3.8, 4) is 0 Å². The average molecular weight is 599 g/mol. The molecule has 0 nitrogen and oxygen atoms in total. The number of unbranched alkanes of at least 4 members (excludes halogenated alkanes) is 8. The summed E-state index contributed by atoms with van der Waals surface area (Å²) in [5, 5.41) is 1.08. The van der Waals surface area contributed by atoms with Gasteiger partial charge in [0, 0.05) is 30.8 Å². The van der Waals surface area contributed by atoms with Crippen LogP contribution in [0.2, 0.25) is 45.3 Å². The van der Waals surface area contributed by atoms with Crippen molar-refractivity contribution in [3.63, 3.8) is 0 Å². The lowest BCUT2D eigenvalue weighted by molar-refractivity contribution is 0.637. The monoisotopic (exact) mass is 599 g/mol. The van der Waals surface area contributed by atoms with E-state index in [1.54, 1.807) is 37.0 Å². The zero-order valence-electron chi connectivity index (χ0n) is 29.6. The Morgan fingerprint density at radius 1 is 0.500 bits per heavy atom. The topological polar surface area (TPSA) is 0 Å². The van der Waals surface area contributed by atoms with Crippen LogP contribution in [-0.2, 0) is 0 Å². The van der Waals surface area contributed by atoms with Gasteiger partial charge in [-0.25, -0.2) is 0 Å². The summed E-state index contributed by atoms with van der Waals surface area (Å²) in [4.78, 5) is 0. The normalized spacial score (nSPS) is 14.1. The average Bonchev–Trinajstić information content (AvgIpc) is 2.79. The maximum absolute atomic E-state index is 2.83. The van der Waals surface area contributed by atoms with E-state index in [1.165, 1.54) is 64.2 Å². The third kappa shape index (κ3) is 9.72. The van der Waals surface area contributed by atoms with Gasteiger partial charge >= 0.3 is 0 Å². The standard InChI is InChI=1S/C34H78Si4/c1-15-19-23-25-27-35(28-26-24-20-16-2)38(33(9,10)11,34(12,13)14)37(29-21-17-3,30-22-18-4)36(31(5)6)32(7)8/h31-32,35-36H,15-30H2,1-14H3. The summed E-state index contributed by atoms with van der Waals surface area (Å²) in [7, 11) is -5.02. The van der Waals surface area contributed by atoms with Crippen LogP contribution < -0.4 is 0 Å². The smallest absolute Gasteiger partial charge is 0.0478 e. The molecule has 0 spiro atoms. The summed E-state index contributed by atoms with van der Waals surface area (Å²) >= 11 is 0. The Hall–Kier alpha value is 0.868. The molecule has 0 saturated carbocycles. The highest BCUT2D eigenvalue weighted by atomic mass is 29.8.